The van der Waals surface area contributed by atoms with E-state index in [-0.39, 0.29) is 54.8 Å². The van der Waals surface area contributed by atoms with Crippen LogP contribution in [0.4, 0.5) is 0 Å². The lowest BCUT2D eigenvalue weighted by Gasteiger charge is -2.44. The van der Waals surface area contributed by atoms with E-state index < -0.39 is 36.5 Å². The molecule has 11 unspecified atom stereocenters. The van der Waals surface area contributed by atoms with Crippen LogP contribution in [0.5, 0.6) is 0 Å². The average Bonchev–Trinajstić information content (AvgIpc) is 2.88. The highest BCUT2D eigenvalue weighted by Crippen LogP contribution is 2.34. The van der Waals surface area contributed by atoms with Gasteiger partial charge >= 0.3 is 5.97 Å². The highest BCUT2D eigenvalue weighted by molar-refractivity contribution is 5.91. The van der Waals surface area contributed by atoms with E-state index in [4.69, 9.17) is 14.2 Å². The van der Waals surface area contributed by atoms with Gasteiger partial charge < -0.3 is 34.4 Å². The van der Waals surface area contributed by atoms with Crippen molar-refractivity contribution in [3.8, 4) is 0 Å². The summed E-state index contributed by atoms with van der Waals surface area (Å²) in [6.07, 6.45) is 2.78. The van der Waals surface area contributed by atoms with Crippen molar-refractivity contribution in [3.05, 3.63) is 23.8 Å². The van der Waals surface area contributed by atoms with Crippen molar-refractivity contribution in [2.45, 2.75) is 116 Å². The summed E-state index contributed by atoms with van der Waals surface area (Å²) in [5, 5.41) is 32.4. The van der Waals surface area contributed by atoms with Gasteiger partial charge in [-0.05, 0) is 65.6 Å². The monoisotopic (exact) mass is 567 g/mol. The van der Waals surface area contributed by atoms with E-state index in [1.165, 1.54) is 0 Å². The molecule has 3 N–H and O–H groups in total. The molecule has 0 spiro atoms. The summed E-state index contributed by atoms with van der Waals surface area (Å²) in [5.41, 5.74) is 0.893. The molecule has 230 valence electrons. The van der Waals surface area contributed by atoms with Crippen molar-refractivity contribution < 1.29 is 39.1 Å². The Morgan fingerprint density at radius 3 is 2.35 bits per heavy atom. The molecule has 0 aliphatic carbocycles. The Balaban J connectivity index is 2.47. The van der Waals surface area contributed by atoms with E-state index in [1.807, 2.05) is 59.7 Å². The lowest BCUT2D eigenvalue weighted by atomic mass is 9.79. The first-order valence-electron chi connectivity index (χ1n) is 14.8. The fourth-order valence-electron chi connectivity index (χ4n) is 5.94. The van der Waals surface area contributed by atoms with Crippen LogP contribution in [0.15, 0.2) is 23.8 Å². The minimum absolute atomic E-state index is 0.0453. The van der Waals surface area contributed by atoms with Gasteiger partial charge in [0, 0.05) is 30.4 Å². The van der Waals surface area contributed by atoms with Crippen LogP contribution in [0.2, 0.25) is 0 Å². The van der Waals surface area contributed by atoms with Crippen LogP contribution >= 0.6 is 0 Å². The van der Waals surface area contributed by atoms with Crippen LogP contribution in [-0.4, -0.2) is 95.5 Å². The van der Waals surface area contributed by atoms with Crippen molar-refractivity contribution in [2.75, 3.05) is 20.7 Å². The molecule has 0 aromatic carbocycles. The van der Waals surface area contributed by atoms with E-state index in [2.05, 4.69) is 0 Å². The zero-order chi connectivity index (χ0) is 30.1. The summed E-state index contributed by atoms with van der Waals surface area (Å²) in [7, 11) is 3.79. The zero-order valence-corrected chi connectivity index (χ0v) is 25.7. The lowest BCUT2D eigenvalue weighted by molar-refractivity contribution is -0.283. The predicted molar refractivity (Wildman–Crippen MR) is 153 cm³/mol. The van der Waals surface area contributed by atoms with Gasteiger partial charge in [0.1, 0.15) is 12.2 Å². The molecular formula is C31H53NO8. The largest absolute Gasteiger partial charge is 0.462 e. The van der Waals surface area contributed by atoms with Crippen LogP contribution in [0.25, 0.3) is 0 Å². The van der Waals surface area contributed by atoms with E-state index in [0.717, 1.165) is 5.57 Å². The standard InChI is InChI=1S/C31H53NO8/c1-9-27-20(4)14-18(2)10-11-25(34)19(3)15-23(12-13-33)30(22(6)26(35)17-28(36)39-27)40-31-29(37)24(32(7)8)16-21(5)38-31/h10-11,14,19-24,26-27,29-31,33,35,37H,9,12-13,15-17H2,1-8H3/b11-10+,18-14+. The number of ether oxygens (including phenoxy) is 3. The number of hydrogen-bond donors (Lipinski definition) is 3. The molecular weight excluding hydrogens is 514 g/mol. The summed E-state index contributed by atoms with van der Waals surface area (Å²) < 4.78 is 18.3. The van der Waals surface area contributed by atoms with E-state index >= 15 is 0 Å². The quantitative estimate of drug-likeness (QED) is 0.415. The highest BCUT2D eigenvalue weighted by Gasteiger charge is 2.43. The third-order valence-corrected chi connectivity index (χ3v) is 8.48. The van der Waals surface area contributed by atoms with Gasteiger partial charge in [0.25, 0.3) is 0 Å². The number of esters is 1. The Morgan fingerprint density at radius 2 is 1.75 bits per heavy atom. The number of likely N-dealkylation sites (N-methyl/N-ethyl adjacent to an activating group) is 1. The Bertz CT molecular complexity index is 873. The third kappa shape index (κ3) is 9.74. The van der Waals surface area contributed by atoms with Gasteiger partial charge in [-0.2, -0.15) is 0 Å². The second kappa shape index (κ2) is 16.1. The van der Waals surface area contributed by atoms with Gasteiger partial charge in [-0.3, -0.25) is 9.59 Å². The third-order valence-electron chi connectivity index (χ3n) is 8.48. The molecule has 2 aliphatic heterocycles. The summed E-state index contributed by atoms with van der Waals surface area (Å²) in [4.78, 5) is 28.0. The molecule has 9 nitrogen and oxygen atoms in total. The molecule has 0 saturated carbocycles. The average molecular weight is 568 g/mol. The molecule has 1 saturated heterocycles. The Morgan fingerprint density at radius 1 is 1.07 bits per heavy atom. The second-order valence-electron chi connectivity index (χ2n) is 12.2. The number of aliphatic hydroxyl groups excluding tert-OH is 3. The minimum atomic E-state index is -1.11. The van der Waals surface area contributed by atoms with Crippen LogP contribution in [0.3, 0.4) is 0 Å². The first-order valence-corrected chi connectivity index (χ1v) is 14.8. The molecule has 2 aliphatic rings. The van der Waals surface area contributed by atoms with E-state index in [0.29, 0.717) is 25.7 Å². The van der Waals surface area contributed by atoms with Gasteiger partial charge in [0.05, 0.1) is 24.7 Å². The number of rotatable bonds is 6. The highest BCUT2D eigenvalue weighted by atomic mass is 16.7. The van der Waals surface area contributed by atoms with Crippen LogP contribution in [0, 0.1) is 23.7 Å². The molecule has 0 amide bonds. The predicted octanol–water partition coefficient (Wildman–Crippen LogP) is 3.25. The van der Waals surface area contributed by atoms with Crippen molar-refractivity contribution in [3.63, 3.8) is 0 Å². The smallest absolute Gasteiger partial charge is 0.308 e. The molecule has 2 rings (SSSR count). The number of carbonyl (C=O) groups is 2. The maximum Gasteiger partial charge on any atom is 0.308 e. The number of carbonyl (C=O) groups excluding carboxylic acids is 2. The van der Waals surface area contributed by atoms with E-state index in [1.54, 1.807) is 19.1 Å². The number of allylic oxidation sites excluding steroid dienone is 3. The fraction of sp³-hybridized carbons (Fsp3) is 0.806. The molecule has 0 aromatic rings. The van der Waals surface area contributed by atoms with Gasteiger partial charge in [-0.25, -0.2) is 0 Å². The number of cyclic esters (lactones) is 1. The van der Waals surface area contributed by atoms with Crippen molar-refractivity contribution in [1.82, 2.24) is 4.90 Å². The van der Waals surface area contributed by atoms with Gasteiger partial charge in [0.15, 0.2) is 12.1 Å². The van der Waals surface area contributed by atoms with E-state index in [9.17, 15) is 24.9 Å². The molecule has 1 fully saturated rings. The summed E-state index contributed by atoms with van der Waals surface area (Å²) in [5.74, 6) is -1.92. The number of ketones is 1. The Kier molecular flexibility index (Phi) is 13.9. The fourth-order valence-corrected chi connectivity index (χ4v) is 5.94. The molecule has 0 radical (unpaired) electrons. The number of aliphatic hydroxyl groups is 3. The summed E-state index contributed by atoms with van der Waals surface area (Å²) in [6, 6.07) is -0.193. The molecule has 0 bridgehead atoms. The normalized spacial score (nSPS) is 41.3. The first kappa shape index (κ1) is 34.6. The number of nitrogens with zero attached hydrogens (tertiary/aromatic N) is 1. The summed E-state index contributed by atoms with van der Waals surface area (Å²) in [6.45, 7) is 11.2. The molecule has 40 heavy (non-hydrogen) atoms. The molecule has 0 aromatic heterocycles. The van der Waals surface area contributed by atoms with Crippen molar-refractivity contribution >= 4 is 11.8 Å². The van der Waals surface area contributed by atoms with Crippen LogP contribution in [-0.2, 0) is 23.8 Å². The molecule has 2 heterocycles. The minimum Gasteiger partial charge on any atom is -0.462 e. The van der Waals surface area contributed by atoms with Gasteiger partial charge in [-0.1, -0.05) is 45.4 Å². The molecule has 9 heteroatoms. The SMILES string of the molecule is CCC1OC(=O)CC(O)C(C)C(OC2OC(C)CC(N(C)C)C2O)C(CCO)CC(C)C(=O)/C=C/C(C)=C/C1C. The maximum atomic E-state index is 13.1. The van der Waals surface area contributed by atoms with Crippen LogP contribution < -0.4 is 0 Å². The second-order valence-corrected chi connectivity index (χ2v) is 12.2. The summed E-state index contributed by atoms with van der Waals surface area (Å²) >= 11 is 0. The first-order chi connectivity index (χ1) is 18.8. The van der Waals surface area contributed by atoms with Gasteiger partial charge in [0.2, 0.25) is 0 Å². The topological polar surface area (TPSA) is 126 Å². The van der Waals surface area contributed by atoms with Gasteiger partial charge in [-0.15, -0.1) is 0 Å². The Labute approximate surface area is 240 Å². The maximum absolute atomic E-state index is 13.1. The Hall–Kier alpha value is -1.62. The number of hydrogen-bond acceptors (Lipinski definition) is 9. The van der Waals surface area contributed by atoms with Crippen LogP contribution in [0.1, 0.15) is 73.6 Å². The zero-order valence-electron chi connectivity index (χ0n) is 25.7. The molecule has 11 atom stereocenters. The van der Waals surface area contributed by atoms with Crippen molar-refractivity contribution in [1.29, 1.82) is 0 Å². The van der Waals surface area contributed by atoms with Crippen molar-refractivity contribution in [2.24, 2.45) is 23.7 Å². The lowest BCUT2D eigenvalue weighted by Crippen LogP contribution is -2.56.